The van der Waals surface area contributed by atoms with Gasteiger partial charge in [-0.2, -0.15) is 0 Å². The van der Waals surface area contributed by atoms with E-state index >= 15 is 0 Å². The Balaban J connectivity index is -0.00000125. The van der Waals surface area contributed by atoms with E-state index in [2.05, 4.69) is 39.3 Å². The minimum atomic E-state index is -1.39. The van der Waals surface area contributed by atoms with Gasteiger partial charge in [-0.1, -0.05) is 0 Å². The second-order valence-electron chi connectivity index (χ2n) is 12.8. The lowest BCUT2D eigenvalue weighted by atomic mass is 9.83. The molecule has 0 aromatic heterocycles. The van der Waals surface area contributed by atoms with Crippen LogP contribution in [0.15, 0.2) is 0 Å². The lowest BCUT2D eigenvalue weighted by molar-refractivity contribution is -0.512. The normalized spacial score (nSPS) is 32.3. The van der Waals surface area contributed by atoms with Crippen molar-refractivity contribution in [1.82, 2.24) is 10.6 Å². The third kappa shape index (κ3) is 26.1. The summed E-state index contributed by atoms with van der Waals surface area (Å²) < 4.78 is 23.6. The van der Waals surface area contributed by atoms with Gasteiger partial charge in [0.2, 0.25) is 6.29 Å². The van der Waals surface area contributed by atoms with Crippen LogP contribution in [-0.4, -0.2) is 173 Å². The molecule has 2 heterocycles. The number of carbonyl (C=O) groups is 6. The molecule has 58 heavy (non-hydrogen) atoms. The molecule has 3 fully saturated rings. The first-order valence-electron chi connectivity index (χ1n) is 17.6. The van der Waals surface area contributed by atoms with Crippen molar-refractivity contribution in [2.75, 3.05) is 26.2 Å². The third-order valence-electron chi connectivity index (χ3n) is 7.43. The fraction of sp³-hybridized carbons (Fsp3) is 0.806. The first kappa shape index (κ1) is 58.4. The van der Waals surface area contributed by atoms with Crippen molar-refractivity contribution in [1.29, 1.82) is 0 Å². The van der Waals surface area contributed by atoms with Crippen molar-refractivity contribution in [3.63, 3.8) is 0 Å². The van der Waals surface area contributed by atoms with E-state index in [1.165, 1.54) is 0 Å². The molecule has 0 radical (unpaired) electrons. The number of aliphatic hydroxyl groups is 5. The van der Waals surface area contributed by atoms with E-state index < -0.39 is 128 Å². The van der Waals surface area contributed by atoms with Crippen LogP contribution in [0.1, 0.15) is 47.5 Å². The van der Waals surface area contributed by atoms with Crippen molar-refractivity contribution in [2.45, 2.75) is 133 Å². The molecule has 0 unspecified atom stereocenters. The molecule has 1 saturated carbocycles. The van der Waals surface area contributed by atoms with Crippen LogP contribution in [0, 0.1) is 0 Å². The number of aliphatic hydroxyl groups excluding tert-OH is 5. The van der Waals surface area contributed by atoms with Gasteiger partial charge in [0, 0.05) is 42.7 Å². The van der Waals surface area contributed by atoms with Gasteiger partial charge in [0.1, 0.15) is 61.3 Å². The average molecular weight is 854 g/mol. The van der Waals surface area contributed by atoms with E-state index in [0.29, 0.717) is 26.1 Å². The number of aliphatic carboxylic acids is 5. The third-order valence-corrected chi connectivity index (χ3v) is 7.43. The molecular formula is C31H63N7O20. The smallest absolute Gasteiger partial charge is 0.315 e. The highest BCUT2D eigenvalue weighted by atomic mass is 16.7. The SMILES string of the molecule is CC(=O)[O-].CC(=O)[O-].CC(=O)[O-].CC(=O)[O-].CC(=O)[O-].[NH3+]CCNC(=O)N[C@@H]1C[C@H]([NH3+])[C@@H](O[C@H]2O[C@H](C[NH3+])[C@@H](O)C[C@H]2[NH3+])[C@H](O)[C@H]1O[C@@H]1O[C@@H](CO)[C@H](O)[C@@H]([NH3+])[C@@H]1O. The van der Waals surface area contributed by atoms with Crippen molar-refractivity contribution in [3.05, 3.63) is 0 Å². The highest BCUT2D eigenvalue weighted by Gasteiger charge is 2.53. The predicted octanol–water partition coefficient (Wildman–Crippen LogP) is -16.8. The summed E-state index contributed by atoms with van der Waals surface area (Å²) in [7, 11) is 0. The molecule has 0 bridgehead atoms. The van der Waals surface area contributed by atoms with Crippen LogP contribution in [0.5, 0.6) is 0 Å². The number of hydrogen-bond acceptors (Lipinski definition) is 20. The molecule has 27 nitrogen and oxygen atoms in total. The number of rotatable bonds is 9. The molecule has 342 valence electrons. The Bertz CT molecular complexity index is 1130. The van der Waals surface area contributed by atoms with Crippen molar-refractivity contribution in [2.24, 2.45) is 0 Å². The highest BCUT2D eigenvalue weighted by Crippen LogP contribution is 2.30. The van der Waals surface area contributed by atoms with Gasteiger partial charge < -0.3 is 133 Å². The number of urea groups is 1. The fourth-order valence-electron chi connectivity index (χ4n) is 5.16. The summed E-state index contributed by atoms with van der Waals surface area (Å²) in [5, 5.41) is 102. The van der Waals surface area contributed by atoms with Crippen LogP contribution in [0.4, 0.5) is 4.79 Å². The summed E-state index contributed by atoms with van der Waals surface area (Å²) in [5.74, 6) is -5.42. The summed E-state index contributed by atoms with van der Waals surface area (Å²) in [6.07, 6.45) is -10.1. The first-order chi connectivity index (χ1) is 26.7. The van der Waals surface area contributed by atoms with E-state index in [1.807, 2.05) is 0 Å². The summed E-state index contributed by atoms with van der Waals surface area (Å²) in [4.78, 5) is 56.9. The zero-order valence-corrected chi connectivity index (χ0v) is 33.2. The van der Waals surface area contributed by atoms with Crippen LogP contribution >= 0.6 is 0 Å². The van der Waals surface area contributed by atoms with E-state index in [-0.39, 0.29) is 6.42 Å². The fourth-order valence-corrected chi connectivity index (χ4v) is 5.16. The molecule has 0 aromatic carbocycles. The molecule has 22 N–H and O–H groups in total. The van der Waals surface area contributed by atoms with Gasteiger partial charge in [0.15, 0.2) is 12.4 Å². The molecule has 0 spiro atoms. The van der Waals surface area contributed by atoms with Crippen LogP contribution in [0.25, 0.3) is 0 Å². The van der Waals surface area contributed by atoms with Gasteiger partial charge in [-0.05, 0) is 34.6 Å². The van der Waals surface area contributed by atoms with Gasteiger partial charge in [0.25, 0.3) is 0 Å². The Hall–Kier alpha value is -3.94. The average Bonchev–Trinajstić information content (AvgIpc) is 3.07. The van der Waals surface area contributed by atoms with Gasteiger partial charge >= 0.3 is 6.03 Å². The number of amides is 2. The van der Waals surface area contributed by atoms with Gasteiger partial charge in [-0.25, -0.2) is 4.79 Å². The predicted molar refractivity (Wildman–Crippen MR) is 177 cm³/mol. The molecule has 27 heteroatoms. The Kier molecular flexibility index (Phi) is 31.2. The number of quaternary nitrogens is 5. The van der Waals surface area contributed by atoms with Crippen molar-refractivity contribution < 1.29 is 127 Å². The van der Waals surface area contributed by atoms with Crippen LogP contribution in [-0.2, 0) is 42.9 Å². The Morgan fingerprint density at radius 2 is 1.09 bits per heavy atom. The second kappa shape index (κ2) is 31.0. The van der Waals surface area contributed by atoms with Gasteiger partial charge in [-0.3, -0.25) is 0 Å². The van der Waals surface area contributed by atoms with Crippen LogP contribution < -0.4 is 64.8 Å². The molecule has 0 aromatic rings. The second-order valence-corrected chi connectivity index (χ2v) is 12.8. The largest absolute Gasteiger partial charge is 0.550 e. The standard InChI is InChI=1S/C21H43N7O10.5C2H4O2/c22-1-2-27-21(34)28-9-3-7(24)17(37-19-8(25)4-10(30)11(5-23)35-19)16(33)18(9)38-20-15(32)13(26)14(31)12(6-29)36-20;5*1-2(3)4/h7-20,29-33H,1-6,22-26H2,(H2,27,28,34);5*1H3,(H,3,4)/t7-,8+,9+,10-,11+,12-,13+,14-,15-,16-,17+,18-,19+,20-;;;;;/m0...../s1. The maximum Gasteiger partial charge on any atom is 0.315 e. The molecule has 3 aliphatic rings. The van der Waals surface area contributed by atoms with E-state index in [9.17, 15) is 30.3 Å². The molecule has 1 aliphatic carbocycles. The number of carbonyl (C=O) groups excluding carboxylic acids is 6. The number of nitrogens with one attached hydrogen (secondary N) is 2. The molecule has 14 atom stereocenters. The lowest BCUT2D eigenvalue weighted by Crippen LogP contribution is -2.80. The summed E-state index contributed by atoms with van der Waals surface area (Å²) in [6.45, 7) is 5.44. The van der Waals surface area contributed by atoms with Crippen LogP contribution in [0.3, 0.4) is 0 Å². The minimum absolute atomic E-state index is 0.225. The summed E-state index contributed by atoms with van der Waals surface area (Å²) >= 11 is 0. The zero-order valence-electron chi connectivity index (χ0n) is 33.2. The van der Waals surface area contributed by atoms with Gasteiger partial charge in [-0.15, -0.1) is 0 Å². The quantitative estimate of drug-likeness (QED) is 0.102. The molecular weight excluding hydrogens is 790 g/mol. The lowest BCUT2D eigenvalue weighted by Gasteiger charge is -2.46. The minimum Gasteiger partial charge on any atom is -0.550 e. The van der Waals surface area contributed by atoms with Crippen molar-refractivity contribution >= 4 is 35.9 Å². The van der Waals surface area contributed by atoms with Gasteiger partial charge in [0.05, 0.1) is 31.8 Å². The monoisotopic (exact) mass is 853 g/mol. The topological polar surface area (TPSA) is 518 Å². The zero-order chi connectivity index (χ0) is 46.0. The maximum atomic E-state index is 12.5. The van der Waals surface area contributed by atoms with E-state index in [4.69, 9.17) is 68.5 Å². The number of ether oxygens (including phenoxy) is 4. The van der Waals surface area contributed by atoms with E-state index in [0.717, 1.165) is 34.6 Å². The molecule has 2 aliphatic heterocycles. The number of carboxylic acid groups (broad SMARTS) is 5. The number of carboxylic acids is 5. The maximum absolute atomic E-state index is 12.5. The number of hydrogen-bond donors (Lipinski definition) is 12. The van der Waals surface area contributed by atoms with Crippen molar-refractivity contribution in [3.8, 4) is 0 Å². The molecule has 3 rings (SSSR count). The Morgan fingerprint density at radius 1 is 0.655 bits per heavy atom. The molecule has 2 saturated heterocycles. The van der Waals surface area contributed by atoms with Crippen LogP contribution in [0.2, 0.25) is 0 Å². The first-order valence-corrected chi connectivity index (χ1v) is 17.6. The molecule has 2 amide bonds. The Morgan fingerprint density at radius 3 is 1.50 bits per heavy atom. The summed E-state index contributed by atoms with van der Waals surface area (Å²) in [5.41, 5.74) is 19.4. The highest BCUT2D eigenvalue weighted by molar-refractivity contribution is 5.74. The Labute approximate surface area is 333 Å². The summed E-state index contributed by atoms with van der Waals surface area (Å²) in [6, 6.07) is -3.17. The van der Waals surface area contributed by atoms with E-state index in [1.54, 1.807) is 0 Å².